The van der Waals surface area contributed by atoms with Gasteiger partial charge in [-0.25, -0.2) is 13.6 Å². The quantitative estimate of drug-likeness (QED) is 0.738. The molecular formula is C19H14F2O3. The first-order valence-electron chi connectivity index (χ1n) is 7.25. The Hall–Kier alpha value is -2.79. The van der Waals surface area contributed by atoms with Crippen molar-refractivity contribution in [2.45, 2.75) is 6.61 Å². The van der Waals surface area contributed by atoms with Gasteiger partial charge in [0.1, 0.15) is 11.6 Å². The molecule has 0 radical (unpaired) electrons. The van der Waals surface area contributed by atoms with Crippen LogP contribution in [0, 0.1) is 11.6 Å². The van der Waals surface area contributed by atoms with E-state index in [-0.39, 0.29) is 11.1 Å². The molecule has 5 heteroatoms. The fraction of sp³-hybridized carbons (Fsp3) is 0.105. The second-order valence-electron chi connectivity index (χ2n) is 5.33. The normalized spacial score (nSPS) is 10.8. The highest BCUT2D eigenvalue weighted by atomic mass is 19.1. The third-order valence-corrected chi connectivity index (χ3v) is 3.86. The molecule has 3 rings (SSSR count). The fourth-order valence-electron chi connectivity index (χ4n) is 2.71. The van der Waals surface area contributed by atoms with E-state index in [9.17, 15) is 13.6 Å². The monoisotopic (exact) mass is 328 g/mol. The summed E-state index contributed by atoms with van der Waals surface area (Å²) in [6.45, 7) is -0.448. The Morgan fingerprint density at radius 1 is 1.08 bits per heavy atom. The highest BCUT2D eigenvalue weighted by Crippen LogP contribution is 2.33. The Labute approximate surface area is 137 Å². The first-order chi connectivity index (χ1) is 11.5. The standard InChI is InChI=1S/C19H14F2O3/c1-24-19(23)13-6-5-12-3-2-4-14(15(12)9-13)18-16(20)7-11(10-22)8-17(18)21/h2-9,22H,10H2,1H3. The Kier molecular flexibility index (Phi) is 4.27. The Balaban J connectivity index is 2.28. The minimum Gasteiger partial charge on any atom is -0.465 e. The molecule has 0 aliphatic rings. The zero-order chi connectivity index (χ0) is 17.3. The van der Waals surface area contributed by atoms with E-state index in [0.717, 1.165) is 17.5 Å². The van der Waals surface area contributed by atoms with Gasteiger partial charge in [0.15, 0.2) is 0 Å². The minimum absolute atomic E-state index is 0.157. The zero-order valence-corrected chi connectivity index (χ0v) is 12.8. The summed E-state index contributed by atoms with van der Waals surface area (Å²) < 4.78 is 33.5. The van der Waals surface area contributed by atoms with Crippen LogP contribution in [0.1, 0.15) is 15.9 Å². The van der Waals surface area contributed by atoms with Crippen LogP contribution in [0.4, 0.5) is 8.78 Å². The molecule has 3 nitrogen and oxygen atoms in total. The van der Waals surface area contributed by atoms with E-state index < -0.39 is 24.2 Å². The third kappa shape index (κ3) is 2.74. The first kappa shape index (κ1) is 16.1. The summed E-state index contributed by atoms with van der Waals surface area (Å²) in [7, 11) is 1.27. The van der Waals surface area contributed by atoms with Crippen molar-refractivity contribution in [2.24, 2.45) is 0 Å². The van der Waals surface area contributed by atoms with Gasteiger partial charge < -0.3 is 9.84 Å². The van der Waals surface area contributed by atoms with E-state index in [4.69, 9.17) is 9.84 Å². The second kappa shape index (κ2) is 6.37. The predicted octanol–water partition coefficient (Wildman–Crippen LogP) is 4.06. The molecule has 0 amide bonds. The number of ether oxygens (including phenoxy) is 1. The summed E-state index contributed by atoms with van der Waals surface area (Å²) >= 11 is 0. The number of benzene rings is 3. The molecule has 0 saturated heterocycles. The maximum absolute atomic E-state index is 14.4. The van der Waals surface area contributed by atoms with Crippen molar-refractivity contribution >= 4 is 16.7 Å². The molecule has 0 aromatic heterocycles. The Morgan fingerprint density at radius 3 is 2.42 bits per heavy atom. The van der Waals surface area contributed by atoms with Gasteiger partial charge in [-0.3, -0.25) is 0 Å². The molecule has 24 heavy (non-hydrogen) atoms. The number of hydrogen-bond acceptors (Lipinski definition) is 3. The van der Waals surface area contributed by atoms with Crippen molar-refractivity contribution in [3.8, 4) is 11.1 Å². The highest BCUT2D eigenvalue weighted by molar-refractivity contribution is 6.01. The number of fused-ring (bicyclic) bond motifs is 1. The second-order valence-corrected chi connectivity index (χ2v) is 5.33. The molecule has 0 aliphatic carbocycles. The van der Waals surface area contributed by atoms with Crippen molar-refractivity contribution in [2.75, 3.05) is 7.11 Å². The predicted molar refractivity (Wildman–Crippen MR) is 86.6 cm³/mol. The summed E-state index contributed by atoms with van der Waals surface area (Å²) in [5.74, 6) is -2.06. The summed E-state index contributed by atoms with van der Waals surface area (Å²) in [5.41, 5.74) is 0.590. The van der Waals surface area contributed by atoms with Crippen LogP contribution in [0.15, 0.2) is 48.5 Å². The molecule has 0 bridgehead atoms. The molecule has 0 atom stereocenters. The average molecular weight is 328 g/mol. The molecule has 0 heterocycles. The first-order valence-corrected chi connectivity index (χ1v) is 7.25. The number of carbonyl (C=O) groups is 1. The van der Waals surface area contributed by atoms with Crippen molar-refractivity contribution in [1.29, 1.82) is 0 Å². The van der Waals surface area contributed by atoms with Gasteiger partial charge >= 0.3 is 5.97 Å². The Bertz CT molecular complexity index is 912. The molecule has 0 saturated carbocycles. The van der Waals surface area contributed by atoms with Crippen LogP contribution in [0.3, 0.4) is 0 Å². The molecule has 0 fully saturated rings. The van der Waals surface area contributed by atoms with Crippen LogP contribution in [0.2, 0.25) is 0 Å². The van der Waals surface area contributed by atoms with E-state index in [1.165, 1.54) is 7.11 Å². The number of aliphatic hydroxyl groups is 1. The van der Waals surface area contributed by atoms with E-state index in [1.54, 1.807) is 36.4 Å². The lowest BCUT2D eigenvalue weighted by Gasteiger charge is -2.11. The van der Waals surface area contributed by atoms with Crippen molar-refractivity contribution in [1.82, 2.24) is 0 Å². The van der Waals surface area contributed by atoms with E-state index >= 15 is 0 Å². The maximum atomic E-state index is 14.4. The fourth-order valence-corrected chi connectivity index (χ4v) is 2.71. The molecule has 122 valence electrons. The van der Waals surface area contributed by atoms with Crippen molar-refractivity contribution in [3.63, 3.8) is 0 Å². The number of rotatable bonds is 3. The molecular weight excluding hydrogens is 314 g/mol. The number of esters is 1. The summed E-state index contributed by atoms with van der Waals surface area (Å²) in [4.78, 5) is 11.7. The van der Waals surface area contributed by atoms with Crippen LogP contribution in [0.25, 0.3) is 21.9 Å². The number of carbonyl (C=O) groups excluding carboxylic acids is 1. The molecule has 0 unspecified atom stereocenters. The van der Waals surface area contributed by atoms with Gasteiger partial charge in [0.2, 0.25) is 0 Å². The summed E-state index contributed by atoms with van der Waals surface area (Å²) in [6, 6.07) is 12.1. The van der Waals surface area contributed by atoms with Crippen molar-refractivity contribution in [3.05, 3.63) is 71.3 Å². The lowest BCUT2D eigenvalue weighted by atomic mass is 9.95. The maximum Gasteiger partial charge on any atom is 0.337 e. The van der Waals surface area contributed by atoms with E-state index in [2.05, 4.69) is 0 Å². The minimum atomic E-state index is -0.768. The van der Waals surface area contributed by atoms with Gasteiger partial charge in [-0.15, -0.1) is 0 Å². The van der Waals surface area contributed by atoms with Crippen LogP contribution in [-0.4, -0.2) is 18.2 Å². The lowest BCUT2D eigenvalue weighted by molar-refractivity contribution is 0.0601. The third-order valence-electron chi connectivity index (χ3n) is 3.86. The van der Waals surface area contributed by atoms with Gasteiger partial charge in [-0.1, -0.05) is 24.3 Å². The largest absolute Gasteiger partial charge is 0.465 e. The number of halogens is 2. The molecule has 0 aliphatic heterocycles. The topological polar surface area (TPSA) is 46.5 Å². The van der Waals surface area contributed by atoms with E-state index in [1.807, 2.05) is 0 Å². The van der Waals surface area contributed by atoms with Crippen LogP contribution in [-0.2, 0) is 11.3 Å². The molecule has 3 aromatic rings. The van der Waals surface area contributed by atoms with Crippen LogP contribution < -0.4 is 0 Å². The molecule has 1 N–H and O–H groups in total. The average Bonchev–Trinajstić information content (AvgIpc) is 2.60. The van der Waals surface area contributed by atoms with Crippen LogP contribution >= 0.6 is 0 Å². The lowest BCUT2D eigenvalue weighted by Crippen LogP contribution is -2.01. The summed E-state index contributed by atoms with van der Waals surface area (Å²) in [5, 5.41) is 10.3. The smallest absolute Gasteiger partial charge is 0.337 e. The van der Waals surface area contributed by atoms with E-state index in [0.29, 0.717) is 16.5 Å². The number of hydrogen-bond donors (Lipinski definition) is 1. The Morgan fingerprint density at radius 2 is 1.79 bits per heavy atom. The van der Waals surface area contributed by atoms with Gasteiger partial charge in [0.25, 0.3) is 0 Å². The van der Waals surface area contributed by atoms with Gasteiger partial charge in [0.05, 0.1) is 24.8 Å². The SMILES string of the molecule is COC(=O)c1ccc2cccc(-c3c(F)cc(CO)cc3F)c2c1. The van der Waals surface area contributed by atoms with Gasteiger partial charge in [-0.2, -0.15) is 0 Å². The van der Waals surface area contributed by atoms with Crippen LogP contribution in [0.5, 0.6) is 0 Å². The van der Waals surface area contributed by atoms with Gasteiger partial charge in [-0.05, 0) is 46.2 Å². The number of methoxy groups -OCH3 is 1. The summed E-state index contributed by atoms with van der Waals surface area (Å²) in [6.07, 6.45) is 0. The molecule has 0 spiro atoms. The molecule has 3 aromatic carbocycles. The highest BCUT2D eigenvalue weighted by Gasteiger charge is 2.16. The van der Waals surface area contributed by atoms with Crippen molar-refractivity contribution < 1.29 is 23.4 Å². The zero-order valence-electron chi connectivity index (χ0n) is 12.8. The number of aliphatic hydroxyl groups excluding tert-OH is 1. The van der Waals surface area contributed by atoms with Gasteiger partial charge in [0, 0.05) is 0 Å².